The predicted molar refractivity (Wildman–Crippen MR) is 104 cm³/mol. The molecule has 4 heteroatoms. The Hall–Kier alpha value is -3.01. The molecular weight excluding hydrogens is 328 g/mol. The zero-order valence-electron chi connectivity index (χ0n) is 15.2. The van der Waals surface area contributed by atoms with Gasteiger partial charge in [0.05, 0.1) is 13.0 Å². The van der Waals surface area contributed by atoms with Gasteiger partial charge in [-0.1, -0.05) is 37.8 Å². The van der Waals surface area contributed by atoms with Crippen LogP contribution in [0.1, 0.15) is 31.4 Å². The molecule has 0 aliphatic rings. The van der Waals surface area contributed by atoms with E-state index in [0.717, 1.165) is 23.1 Å². The summed E-state index contributed by atoms with van der Waals surface area (Å²) in [5, 5.41) is 9.06. The quantitative estimate of drug-likeness (QED) is 0.607. The third-order valence-electron chi connectivity index (χ3n) is 3.70. The number of hydrogen-bond acceptors (Lipinski definition) is 3. The maximum absolute atomic E-state index is 11.0. The molecule has 0 aromatic heterocycles. The predicted octanol–water partition coefficient (Wildman–Crippen LogP) is 5.48. The summed E-state index contributed by atoms with van der Waals surface area (Å²) in [6.07, 6.45) is 0.774. The lowest BCUT2D eigenvalue weighted by Crippen LogP contribution is -2.02. The van der Waals surface area contributed by atoms with Crippen LogP contribution < -0.4 is 9.47 Å². The number of allylic oxidation sites excluding steroid dienone is 2. The summed E-state index contributed by atoms with van der Waals surface area (Å²) in [5.41, 5.74) is 3.30. The fourth-order valence-electron chi connectivity index (χ4n) is 2.40. The number of carbonyl (C=O) groups is 1. The molecule has 0 radical (unpaired) electrons. The molecular formula is C22H24O4. The first-order chi connectivity index (χ1) is 12.4. The first-order valence-corrected chi connectivity index (χ1v) is 8.50. The molecule has 2 rings (SSSR count). The van der Waals surface area contributed by atoms with Crippen LogP contribution in [0.3, 0.4) is 0 Å². The van der Waals surface area contributed by atoms with Crippen molar-refractivity contribution in [2.24, 2.45) is 0 Å². The van der Waals surface area contributed by atoms with E-state index >= 15 is 0 Å². The second kappa shape index (κ2) is 8.90. The lowest BCUT2D eigenvalue weighted by molar-refractivity contribution is -0.136. The number of aliphatic carboxylic acids is 1. The van der Waals surface area contributed by atoms with Crippen LogP contribution in [0.5, 0.6) is 17.2 Å². The van der Waals surface area contributed by atoms with Crippen molar-refractivity contribution in [2.45, 2.75) is 26.7 Å². The summed E-state index contributed by atoms with van der Waals surface area (Å²) < 4.78 is 11.6. The molecule has 0 aliphatic carbocycles. The number of carboxylic acid groups (broad SMARTS) is 1. The molecule has 0 amide bonds. The van der Waals surface area contributed by atoms with Gasteiger partial charge >= 0.3 is 5.97 Å². The van der Waals surface area contributed by atoms with Crippen molar-refractivity contribution < 1.29 is 19.4 Å². The van der Waals surface area contributed by atoms with E-state index in [1.54, 1.807) is 18.2 Å². The lowest BCUT2D eigenvalue weighted by Gasteiger charge is -2.12. The summed E-state index contributed by atoms with van der Waals surface area (Å²) in [6, 6.07) is 12.8. The van der Waals surface area contributed by atoms with E-state index in [0.29, 0.717) is 29.4 Å². The summed E-state index contributed by atoms with van der Waals surface area (Å²) >= 11 is 0. The molecule has 0 heterocycles. The van der Waals surface area contributed by atoms with E-state index < -0.39 is 5.97 Å². The van der Waals surface area contributed by atoms with Crippen LogP contribution >= 0.6 is 0 Å². The molecule has 4 nitrogen and oxygen atoms in total. The Balaban J connectivity index is 2.29. The van der Waals surface area contributed by atoms with Gasteiger partial charge in [0, 0.05) is 6.07 Å². The molecule has 26 heavy (non-hydrogen) atoms. The van der Waals surface area contributed by atoms with Gasteiger partial charge in [-0.05, 0) is 54.3 Å². The number of carboxylic acids is 1. The highest BCUT2D eigenvalue weighted by Gasteiger charge is 2.09. The SMILES string of the molecule is C=C(C)C(=C)c1cccc(Oc2cc(CC(=O)O)cc(OCCC)c2)c1. The van der Waals surface area contributed by atoms with Crippen molar-refractivity contribution in [1.29, 1.82) is 0 Å². The van der Waals surface area contributed by atoms with Crippen molar-refractivity contribution in [3.05, 3.63) is 72.3 Å². The van der Waals surface area contributed by atoms with Crippen LogP contribution in [-0.2, 0) is 11.2 Å². The smallest absolute Gasteiger partial charge is 0.307 e. The Morgan fingerprint density at radius 2 is 1.81 bits per heavy atom. The van der Waals surface area contributed by atoms with Gasteiger partial charge in [-0.2, -0.15) is 0 Å². The van der Waals surface area contributed by atoms with Crippen molar-refractivity contribution in [3.63, 3.8) is 0 Å². The average Bonchev–Trinajstić information content (AvgIpc) is 2.58. The maximum Gasteiger partial charge on any atom is 0.307 e. The lowest BCUT2D eigenvalue weighted by atomic mass is 10.0. The highest BCUT2D eigenvalue weighted by atomic mass is 16.5. The fourth-order valence-corrected chi connectivity index (χ4v) is 2.40. The van der Waals surface area contributed by atoms with Gasteiger partial charge < -0.3 is 14.6 Å². The summed E-state index contributed by atoms with van der Waals surface area (Å²) in [6.45, 7) is 12.4. The minimum atomic E-state index is -0.900. The van der Waals surface area contributed by atoms with Crippen LogP contribution in [0, 0.1) is 0 Å². The summed E-state index contributed by atoms with van der Waals surface area (Å²) in [5.74, 6) is 0.873. The van der Waals surface area contributed by atoms with E-state index in [9.17, 15) is 4.79 Å². The molecule has 0 unspecified atom stereocenters. The minimum absolute atomic E-state index is 0.0911. The number of hydrogen-bond donors (Lipinski definition) is 1. The van der Waals surface area contributed by atoms with Crippen LogP contribution in [0.15, 0.2) is 61.2 Å². The summed E-state index contributed by atoms with van der Waals surface area (Å²) in [7, 11) is 0. The normalized spacial score (nSPS) is 10.2. The van der Waals surface area contributed by atoms with Gasteiger partial charge in [-0.25, -0.2) is 0 Å². The molecule has 1 N–H and O–H groups in total. The van der Waals surface area contributed by atoms with Gasteiger partial charge in [-0.3, -0.25) is 4.79 Å². The second-order valence-corrected chi connectivity index (χ2v) is 6.12. The molecule has 0 saturated heterocycles. The first kappa shape index (κ1) is 19.3. The van der Waals surface area contributed by atoms with Crippen molar-refractivity contribution in [2.75, 3.05) is 6.61 Å². The molecule has 0 aliphatic heterocycles. The van der Waals surface area contributed by atoms with Crippen LogP contribution in [0.25, 0.3) is 5.57 Å². The number of ether oxygens (including phenoxy) is 2. The Morgan fingerprint density at radius 3 is 2.46 bits per heavy atom. The molecule has 136 valence electrons. The topological polar surface area (TPSA) is 55.8 Å². The third kappa shape index (κ3) is 5.52. The highest BCUT2D eigenvalue weighted by Crippen LogP contribution is 2.30. The van der Waals surface area contributed by atoms with Crippen molar-refractivity contribution in [3.8, 4) is 17.2 Å². The monoisotopic (exact) mass is 352 g/mol. The zero-order chi connectivity index (χ0) is 19.1. The van der Waals surface area contributed by atoms with E-state index in [4.69, 9.17) is 14.6 Å². The summed E-state index contributed by atoms with van der Waals surface area (Å²) in [4.78, 5) is 11.0. The Bertz CT molecular complexity index is 821. The van der Waals surface area contributed by atoms with Gasteiger partial charge in [0.1, 0.15) is 17.2 Å². The van der Waals surface area contributed by atoms with E-state index in [1.807, 2.05) is 38.1 Å². The highest BCUT2D eigenvalue weighted by molar-refractivity contribution is 5.76. The fraction of sp³-hybridized carbons (Fsp3) is 0.227. The number of rotatable bonds is 9. The van der Waals surface area contributed by atoms with Gasteiger partial charge in [0.15, 0.2) is 0 Å². The van der Waals surface area contributed by atoms with Gasteiger partial charge in [0.2, 0.25) is 0 Å². The van der Waals surface area contributed by atoms with Gasteiger partial charge in [0.25, 0.3) is 0 Å². The Labute approximate surface area is 154 Å². The van der Waals surface area contributed by atoms with Crippen LogP contribution in [0.2, 0.25) is 0 Å². The van der Waals surface area contributed by atoms with E-state index in [2.05, 4.69) is 13.2 Å². The maximum atomic E-state index is 11.0. The van der Waals surface area contributed by atoms with Gasteiger partial charge in [-0.15, -0.1) is 0 Å². The molecule has 0 spiro atoms. The average molecular weight is 352 g/mol. The molecule has 0 saturated carbocycles. The standard InChI is InChI=1S/C22H24O4/c1-5-9-25-20-10-17(12-22(23)24)11-21(14-20)26-19-8-6-7-18(13-19)16(4)15(2)3/h6-8,10-11,13-14H,2,4-5,9,12H2,1,3H3,(H,23,24). The minimum Gasteiger partial charge on any atom is -0.493 e. The molecule has 2 aromatic rings. The van der Waals surface area contributed by atoms with E-state index in [-0.39, 0.29) is 6.42 Å². The Morgan fingerprint density at radius 1 is 1.08 bits per heavy atom. The molecule has 0 atom stereocenters. The van der Waals surface area contributed by atoms with E-state index in [1.165, 1.54) is 0 Å². The Kier molecular flexibility index (Phi) is 6.61. The molecule has 0 fully saturated rings. The number of benzene rings is 2. The third-order valence-corrected chi connectivity index (χ3v) is 3.70. The largest absolute Gasteiger partial charge is 0.493 e. The van der Waals surface area contributed by atoms with Crippen LogP contribution in [-0.4, -0.2) is 17.7 Å². The zero-order valence-corrected chi connectivity index (χ0v) is 15.2. The van der Waals surface area contributed by atoms with Crippen molar-refractivity contribution >= 4 is 11.5 Å². The first-order valence-electron chi connectivity index (χ1n) is 8.50. The van der Waals surface area contributed by atoms with Crippen molar-refractivity contribution in [1.82, 2.24) is 0 Å². The second-order valence-electron chi connectivity index (χ2n) is 6.12. The molecule has 2 aromatic carbocycles. The molecule has 0 bridgehead atoms. The van der Waals surface area contributed by atoms with Crippen LogP contribution in [0.4, 0.5) is 0 Å².